The molecule has 7 heteroatoms. The van der Waals surface area contributed by atoms with Crippen LogP contribution in [-0.4, -0.2) is 27.5 Å². The molecule has 0 saturated heterocycles. The molecule has 0 bridgehead atoms. The summed E-state index contributed by atoms with van der Waals surface area (Å²) in [5.41, 5.74) is 1.88. The summed E-state index contributed by atoms with van der Waals surface area (Å²) in [6, 6.07) is 12.7. The number of hydrogen-bond acceptors (Lipinski definition) is 6. The van der Waals surface area contributed by atoms with E-state index in [4.69, 9.17) is 4.74 Å². The third-order valence-corrected chi connectivity index (χ3v) is 3.53. The molecule has 2 aromatic heterocycles. The van der Waals surface area contributed by atoms with E-state index < -0.39 is 0 Å². The van der Waals surface area contributed by atoms with Crippen LogP contribution >= 0.6 is 0 Å². The number of nitrogens with zero attached hydrogens (tertiary/aromatic N) is 3. The second kappa shape index (κ2) is 8.57. The van der Waals surface area contributed by atoms with Crippen molar-refractivity contribution in [3.8, 4) is 5.75 Å². The van der Waals surface area contributed by atoms with Crippen molar-refractivity contribution in [1.82, 2.24) is 15.0 Å². The third-order valence-electron chi connectivity index (χ3n) is 3.53. The van der Waals surface area contributed by atoms with Gasteiger partial charge in [0.15, 0.2) is 0 Å². The van der Waals surface area contributed by atoms with E-state index in [0.29, 0.717) is 30.4 Å². The summed E-state index contributed by atoms with van der Waals surface area (Å²) >= 11 is 0. The maximum Gasteiger partial charge on any atom is 0.274 e. The molecule has 0 aliphatic heterocycles. The fraction of sp³-hybridized carbons (Fsp3) is 0.158. The predicted octanol–water partition coefficient (Wildman–Crippen LogP) is 3.13. The number of benzene rings is 1. The van der Waals surface area contributed by atoms with Crippen molar-refractivity contribution in [3.05, 3.63) is 72.4 Å². The highest BCUT2D eigenvalue weighted by molar-refractivity contribution is 6.04. The molecular formula is C19H19N5O2. The van der Waals surface area contributed by atoms with E-state index in [0.717, 1.165) is 5.56 Å². The van der Waals surface area contributed by atoms with Crippen LogP contribution in [0.5, 0.6) is 5.75 Å². The van der Waals surface area contributed by atoms with E-state index in [1.165, 1.54) is 6.33 Å². The normalized spacial score (nSPS) is 10.2. The molecule has 0 spiro atoms. The predicted molar refractivity (Wildman–Crippen MR) is 99.2 cm³/mol. The first-order chi connectivity index (χ1) is 12.8. The lowest BCUT2D eigenvalue weighted by Gasteiger charge is -2.11. The van der Waals surface area contributed by atoms with Gasteiger partial charge in [0.2, 0.25) is 0 Å². The summed E-state index contributed by atoms with van der Waals surface area (Å²) in [5.74, 6) is 0.850. The van der Waals surface area contributed by atoms with Crippen LogP contribution in [0.2, 0.25) is 0 Å². The fourth-order valence-corrected chi connectivity index (χ4v) is 2.31. The maximum atomic E-state index is 12.5. The van der Waals surface area contributed by atoms with Crippen LogP contribution < -0.4 is 15.4 Å². The molecule has 1 amide bonds. The number of aromatic nitrogens is 3. The molecule has 0 radical (unpaired) electrons. The zero-order chi connectivity index (χ0) is 18.2. The first-order valence-corrected chi connectivity index (χ1v) is 8.24. The van der Waals surface area contributed by atoms with Crippen molar-refractivity contribution in [2.75, 3.05) is 17.2 Å². The second-order valence-corrected chi connectivity index (χ2v) is 5.39. The number of carbonyl (C=O) groups is 1. The van der Waals surface area contributed by atoms with Crippen LogP contribution in [0.3, 0.4) is 0 Å². The monoisotopic (exact) mass is 349 g/mol. The number of pyridine rings is 1. The average molecular weight is 349 g/mol. The Morgan fingerprint density at radius 3 is 2.85 bits per heavy atom. The summed E-state index contributed by atoms with van der Waals surface area (Å²) in [6.45, 7) is 2.96. The van der Waals surface area contributed by atoms with Gasteiger partial charge in [-0.3, -0.25) is 9.78 Å². The molecule has 3 aromatic rings. The van der Waals surface area contributed by atoms with Gasteiger partial charge < -0.3 is 15.4 Å². The molecule has 0 saturated carbocycles. The Morgan fingerprint density at radius 1 is 1.15 bits per heavy atom. The second-order valence-electron chi connectivity index (χ2n) is 5.39. The van der Waals surface area contributed by atoms with Gasteiger partial charge in [0.05, 0.1) is 12.3 Å². The van der Waals surface area contributed by atoms with E-state index in [-0.39, 0.29) is 11.6 Å². The highest BCUT2D eigenvalue weighted by Crippen LogP contribution is 2.24. The number of rotatable bonds is 7. The van der Waals surface area contributed by atoms with Gasteiger partial charge in [0, 0.05) is 25.0 Å². The van der Waals surface area contributed by atoms with Crippen molar-refractivity contribution in [1.29, 1.82) is 0 Å². The van der Waals surface area contributed by atoms with E-state index in [1.807, 2.05) is 31.2 Å². The van der Waals surface area contributed by atoms with E-state index in [2.05, 4.69) is 25.6 Å². The van der Waals surface area contributed by atoms with Crippen molar-refractivity contribution in [2.45, 2.75) is 13.5 Å². The number of carbonyl (C=O) groups excluding carboxylic acids is 1. The molecule has 2 heterocycles. The number of para-hydroxylation sites is 2. The van der Waals surface area contributed by atoms with Crippen LogP contribution in [0.15, 0.2) is 61.2 Å². The molecule has 2 N–H and O–H groups in total. The molecule has 0 aliphatic rings. The zero-order valence-corrected chi connectivity index (χ0v) is 14.3. The maximum absolute atomic E-state index is 12.5. The molecule has 132 valence electrons. The van der Waals surface area contributed by atoms with E-state index in [9.17, 15) is 4.79 Å². The Bertz CT molecular complexity index is 871. The molecule has 0 fully saturated rings. The van der Waals surface area contributed by atoms with Crippen molar-refractivity contribution in [2.24, 2.45) is 0 Å². The minimum atomic E-state index is -0.330. The van der Waals surface area contributed by atoms with Crippen LogP contribution in [0, 0.1) is 0 Å². The fourth-order valence-electron chi connectivity index (χ4n) is 2.31. The lowest BCUT2D eigenvalue weighted by atomic mass is 10.2. The molecule has 7 nitrogen and oxygen atoms in total. The molecule has 0 unspecified atom stereocenters. The molecule has 1 aromatic carbocycles. The zero-order valence-electron chi connectivity index (χ0n) is 14.3. The summed E-state index contributed by atoms with van der Waals surface area (Å²) in [7, 11) is 0. The first-order valence-electron chi connectivity index (χ1n) is 8.24. The molecule has 26 heavy (non-hydrogen) atoms. The number of nitrogens with one attached hydrogen (secondary N) is 2. The Hall–Kier alpha value is -3.48. The minimum Gasteiger partial charge on any atom is -0.492 e. The van der Waals surface area contributed by atoms with Crippen LogP contribution in [-0.2, 0) is 6.54 Å². The van der Waals surface area contributed by atoms with Gasteiger partial charge in [-0.25, -0.2) is 9.97 Å². The lowest BCUT2D eigenvalue weighted by molar-refractivity contribution is 0.102. The van der Waals surface area contributed by atoms with Gasteiger partial charge in [-0.05, 0) is 30.7 Å². The Balaban J connectivity index is 1.68. The van der Waals surface area contributed by atoms with Crippen LogP contribution in [0.4, 0.5) is 11.5 Å². The number of hydrogen-bond donors (Lipinski definition) is 2. The summed E-state index contributed by atoms with van der Waals surface area (Å²) in [6.07, 6.45) is 4.85. The van der Waals surface area contributed by atoms with Gasteiger partial charge >= 0.3 is 0 Å². The van der Waals surface area contributed by atoms with Gasteiger partial charge in [-0.2, -0.15) is 0 Å². The summed E-state index contributed by atoms with van der Waals surface area (Å²) < 4.78 is 5.52. The topological polar surface area (TPSA) is 89.0 Å². The summed E-state index contributed by atoms with van der Waals surface area (Å²) in [5, 5.41) is 5.98. The highest BCUT2D eigenvalue weighted by atomic mass is 16.5. The van der Waals surface area contributed by atoms with Crippen LogP contribution in [0.25, 0.3) is 0 Å². The number of ether oxygens (including phenoxy) is 1. The lowest BCUT2D eigenvalue weighted by Crippen LogP contribution is -2.15. The minimum absolute atomic E-state index is 0.264. The largest absolute Gasteiger partial charge is 0.492 e. The average Bonchev–Trinajstić information content (AvgIpc) is 2.69. The van der Waals surface area contributed by atoms with Gasteiger partial charge in [-0.1, -0.05) is 18.2 Å². The van der Waals surface area contributed by atoms with Gasteiger partial charge in [0.25, 0.3) is 5.91 Å². The number of anilines is 2. The highest BCUT2D eigenvalue weighted by Gasteiger charge is 2.12. The number of amides is 1. The molecular weight excluding hydrogens is 330 g/mol. The smallest absolute Gasteiger partial charge is 0.274 e. The van der Waals surface area contributed by atoms with Crippen LogP contribution in [0.1, 0.15) is 23.0 Å². The van der Waals surface area contributed by atoms with Gasteiger partial charge in [0.1, 0.15) is 23.6 Å². The van der Waals surface area contributed by atoms with Crippen molar-refractivity contribution < 1.29 is 9.53 Å². The van der Waals surface area contributed by atoms with E-state index >= 15 is 0 Å². The SMILES string of the molecule is CCOc1ccccc1NC(=O)c1cc(NCc2cccnc2)ncn1. The Labute approximate surface area is 151 Å². The Morgan fingerprint density at radius 2 is 2.04 bits per heavy atom. The quantitative estimate of drug-likeness (QED) is 0.681. The molecule has 3 rings (SSSR count). The van der Waals surface area contributed by atoms with Crippen molar-refractivity contribution >= 4 is 17.4 Å². The first kappa shape index (κ1) is 17.3. The van der Waals surface area contributed by atoms with Crippen molar-refractivity contribution in [3.63, 3.8) is 0 Å². The molecule has 0 aliphatic carbocycles. The summed E-state index contributed by atoms with van der Waals surface area (Å²) in [4.78, 5) is 24.8. The third kappa shape index (κ3) is 4.54. The molecule has 0 atom stereocenters. The standard InChI is InChI=1S/C19H19N5O2/c1-2-26-17-8-4-3-7-15(17)24-19(25)16-10-18(23-13-22-16)21-12-14-6-5-9-20-11-14/h3-11,13H,2,12H2,1H3,(H,24,25)(H,21,22,23). The Kier molecular flexibility index (Phi) is 5.72. The van der Waals surface area contributed by atoms with Gasteiger partial charge in [-0.15, -0.1) is 0 Å². The van der Waals surface area contributed by atoms with E-state index in [1.54, 1.807) is 30.6 Å².